The van der Waals surface area contributed by atoms with Crippen molar-refractivity contribution in [3.05, 3.63) is 48.6 Å². The second-order valence-electron chi connectivity index (χ2n) is 18.9. The number of hydrogen-bond acceptors (Lipinski definition) is 5. The van der Waals surface area contributed by atoms with Crippen LogP contribution in [-0.4, -0.2) is 47.4 Å². The first-order valence-electron chi connectivity index (χ1n) is 27.9. The molecular formula is C58H107NO5. The number of nitrogens with one attached hydrogen (secondary N) is 1. The van der Waals surface area contributed by atoms with E-state index in [0.29, 0.717) is 19.4 Å². The SMILES string of the molecule is CCCCC/C=C\C/C=C\CCCCCCCCCC(=O)OCCCCCCCCCC/C=C\CCCCCCCCCC(=O)NC(CO)C(O)/C=C/CCCCCCCCCCC. The summed E-state index contributed by atoms with van der Waals surface area (Å²) < 4.78 is 5.47. The summed E-state index contributed by atoms with van der Waals surface area (Å²) in [7, 11) is 0. The first-order valence-corrected chi connectivity index (χ1v) is 27.9. The van der Waals surface area contributed by atoms with Crippen LogP contribution < -0.4 is 5.32 Å². The zero-order valence-corrected chi connectivity index (χ0v) is 42.5. The Hall–Kier alpha value is -2.18. The van der Waals surface area contributed by atoms with Crippen molar-refractivity contribution in [2.24, 2.45) is 0 Å². The highest BCUT2D eigenvalue weighted by Gasteiger charge is 2.18. The molecule has 6 nitrogen and oxygen atoms in total. The highest BCUT2D eigenvalue weighted by Crippen LogP contribution is 2.15. The van der Waals surface area contributed by atoms with Crippen molar-refractivity contribution in [1.82, 2.24) is 5.32 Å². The quantitative estimate of drug-likeness (QED) is 0.0321. The molecule has 0 heterocycles. The van der Waals surface area contributed by atoms with Crippen LogP contribution in [0.1, 0.15) is 284 Å². The number of amides is 1. The maximum atomic E-state index is 12.4. The van der Waals surface area contributed by atoms with Gasteiger partial charge in [-0.15, -0.1) is 0 Å². The zero-order chi connectivity index (χ0) is 46.5. The van der Waals surface area contributed by atoms with Crippen LogP contribution in [0.4, 0.5) is 0 Å². The van der Waals surface area contributed by atoms with Gasteiger partial charge in [0.15, 0.2) is 0 Å². The zero-order valence-electron chi connectivity index (χ0n) is 42.5. The summed E-state index contributed by atoms with van der Waals surface area (Å²) in [5.74, 6) is -0.0854. The lowest BCUT2D eigenvalue weighted by Crippen LogP contribution is -2.45. The number of rotatable bonds is 51. The molecule has 0 rings (SSSR count). The van der Waals surface area contributed by atoms with Gasteiger partial charge in [0.2, 0.25) is 5.91 Å². The van der Waals surface area contributed by atoms with E-state index in [2.05, 4.69) is 55.6 Å². The fraction of sp³-hybridized carbons (Fsp3) is 0.828. The molecule has 64 heavy (non-hydrogen) atoms. The fourth-order valence-corrected chi connectivity index (χ4v) is 8.25. The third-order valence-corrected chi connectivity index (χ3v) is 12.6. The van der Waals surface area contributed by atoms with Crippen LogP contribution in [0.25, 0.3) is 0 Å². The first-order chi connectivity index (χ1) is 31.5. The molecule has 3 N–H and O–H groups in total. The van der Waals surface area contributed by atoms with E-state index in [1.807, 2.05) is 6.08 Å². The minimum atomic E-state index is -0.850. The van der Waals surface area contributed by atoms with Crippen molar-refractivity contribution in [1.29, 1.82) is 0 Å². The van der Waals surface area contributed by atoms with Crippen LogP contribution in [0.15, 0.2) is 48.6 Å². The number of esters is 1. The lowest BCUT2D eigenvalue weighted by atomic mass is 10.1. The molecule has 0 spiro atoms. The maximum Gasteiger partial charge on any atom is 0.305 e. The van der Waals surface area contributed by atoms with Crippen LogP contribution in [0.5, 0.6) is 0 Å². The molecule has 0 saturated carbocycles. The molecule has 374 valence electrons. The Labute approximate surface area is 397 Å². The van der Waals surface area contributed by atoms with Crippen molar-refractivity contribution >= 4 is 11.9 Å². The molecule has 0 aromatic carbocycles. The summed E-state index contributed by atoms with van der Waals surface area (Å²) in [6.45, 7) is 4.84. The molecule has 0 aromatic rings. The normalized spacial score (nSPS) is 13.0. The summed E-state index contributed by atoms with van der Waals surface area (Å²) in [5.41, 5.74) is 0. The van der Waals surface area contributed by atoms with Crippen molar-refractivity contribution in [3.63, 3.8) is 0 Å². The summed E-state index contributed by atoms with van der Waals surface area (Å²) in [4.78, 5) is 24.5. The summed E-state index contributed by atoms with van der Waals surface area (Å²) >= 11 is 0. The van der Waals surface area contributed by atoms with Gasteiger partial charge in [-0.2, -0.15) is 0 Å². The van der Waals surface area contributed by atoms with E-state index < -0.39 is 12.1 Å². The summed E-state index contributed by atoms with van der Waals surface area (Å²) in [6.07, 6.45) is 67.0. The highest BCUT2D eigenvalue weighted by molar-refractivity contribution is 5.76. The average molecular weight is 898 g/mol. The molecule has 0 fully saturated rings. The van der Waals surface area contributed by atoms with Gasteiger partial charge < -0.3 is 20.3 Å². The van der Waals surface area contributed by atoms with E-state index in [1.54, 1.807) is 6.08 Å². The van der Waals surface area contributed by atoms with Crippen molar-refractivity contribution < 1.29 is 24.5 Å². The van der Waals surface area contributed by atoms with Gasteiger partial charge in [0, 0.05) is 12.8 Å². The van der Waals surface area contributed by atoms with Gasteiger partial charge in [0.05, 0.1) is 25.4 Å². The molecular weight excluding hydrogens is 791 g/mol. The summed E-state index contributed by atoms with van der Waals surface area (Å²) in [6, 6.07) is -0.634. The molecule has 1 amide bonds. The lowest BCUT2D eigenvalue weighted by molar-refractivity contribution is -0.143. The third-order valence-electron chi connectivity index (χ3n) is 12.6. The van der Waals surface area contributed by atoms with Gasteiger partial charge in [0.25, 0.3) is 0 Å². The Morgan fingerprint density at radius 2 is 0.781 bits per heavy atom. The number of carbonyl (C=O) groups excluding carboxylic acids is 2. The number of hydrogen-bond donors (Lipinski definition) is 3. The molecule has 0 aliphatic rings. The minimum Gasteiger partial charge on any atom is -0.466 e. The number of unbranched alkanes of at least 4 members (excludes halogenated alkanes) is 34. The van der Waals surface area contributed by atoms with E-state index in [4.69, 9.17) is 4.74 Å². The molecule has 2 atom stereocenters. The van der Waals surface area contributed by atoms with E-state index in [9.17, 15) is 19.8 Å². The molecule has 6 heteroatoms. The number of carbonyl (C=O) groups is 2. The van der Waals surface area contributed by atoms with E-state index >= 15 is 0 Å². The maximum absolute atomic E-state index is 12.4. The second-order valence-corrected chi connectivity index (χ2v) is 18.9. The predicted octanol–water partition coefficient (Wildman–Crippen LogP) is 17.0. The Morgan fingerprint density at radius 3 is 1.23 bits per heavy atom. The van der Waals surface area contributed by atoms with E-state index in [-0.39, 0.29) is 18.5 Å². The molecule has 0 aliphatic heterocycles. The number of ether oxygens (including phenoxy) is 1. The fourth-order valence-electron chi connectivity index (χ4n) is 8.25. The third kappa shape index (κ3) is 49.3. The van der Waals surface area contributed by atoms with Gasteiger partial charge in [0.1, 0.15) is 0 Å². The molecule has 0 bridgehead atoms. The van der Waals surface area contributed by atoms with Crippen LogP contribution >= 0.6 is 0 Å². The lowest BCUT2D eigenvalue weighted by Gasteiger charge is -2.20. The largest absolute Gasteiger partial charge is 0.466 e. The number of aliphatic hydroxyl groups excluding tert-OH is 2. The van der Waals surface area contributed by atoms with Crippen LogP contribution in [0, 0.1) is 0 Å². The molecule has 0 radical (unpaired) electrons. The van der Waals surface area contributed by atoms with E-state index in [0.717, 1.165) is 64.2 Å². The monoisotopic (exact) mass is 898 g/mol. The van der Waals surface area contributed by atoms with Crippen molar-refractivity contribution in [3.8, 4) is 0 Å². The molecule has 0 saturated heterocycles. The van der Waals surface area contributed by atoms with Crippen LogP contribution in [0.2, 0.25) is 0 Å². The van der Waals surface area contributed by atoms with Gasteiger partial charge in [-0.3, -0.25) is 9.59 Å². The molecule has 0 aliphatic carbocycles. The highest BCUT2D eigenvalue weighted by atomic mass is 16.5. The Bertz CT molecular complexity index is 1080. The van der Waals surface area contributed by atoms with Crippen molar-refractivity contribution in [2.75, 3.05) is 13.2 Å². The first kappa shape index (κ1) is 61.8. The molecule has 2 unspecified atom stereocenters. The second kappa shape index (κ2) is 53.4. The minimum absolute atomic E-state index is 0.00539. The Kier molecular flexibility index (Phi) is 51.6. The Balaban J connectivity index is 3.45. The summed E-state index contributed by atoms with van der Waals surface area (Å²) in [5, 5.41) is 23.0. The van der Waals surface area contributed by atoms with Crippen LogP contribution in [-0.2, 0) is 14.3 Å². The Morgan fingerprint density at radius 1 is 0.438 bits per heavy atom. The van der Waals surface area contributed by atoms with Gasteiger partial charge in [-0.1, -0.05) is 229 Å². The topological polar surface area (TPSA) is 95.9 Å². The number of allylic oxidation sites excluding steroid dienone is 7. The van der Waals surface area contributed by atoms with Gasteiger partial charge in [-0.05, 0) is 89.9 Å². The standard InChI is InChI=1S/C58H107NO5/c1-3-5-7-9-11-13-15-16-17-21-25-28-32-36-40-44-48-52-58(63)64-53-49-45-41-37-33-29-26-23-20-18-19-22-24-27-31-35-39-43-47-51-57(62)59-55(54-60)56(61)50-46-42-38-34-30-14-12-10-8-6-4-2/h11,13,16-19,46,50,55-56,60-61H,3-10,12,14-15,20-45,47-49,51-54H2,1-2H3,(H,59,62)/b13-11-,17-16-,19-18-,50-46+. The predicted molar refractivity (Wildman–Crippen MR) is 278 cm³/mol. The molecule has 0 aromatic heterocycles. The average Bonchev–Trinajstić information content (AvgIpc) is 3.29. The smallest absolute Gasteiger partial charge is 0.305 e. The van der Waals surface area contributed by atoms with Gasteiger partial charge in [-0.25, -0.2) is 0 Å². The number of aliphatic hydroxyl groups is 2. The van der Waals surface area contributed by atoms with E-state index in [1.165, 1.54) is 193 Å². The van der Waals surface area contributed by atoms with Crippen LogP contribution in [0.3, 0.4) is 0 Å². The van der Waals surface area contributed by atoms with Crippen molar-refractivity contribution in [2.45, 2.75) is 296 Å². The van der Waals surface area contributed by atoms with Gasteiger partial charge >= 0.3 is 5.97 Å².